The van der Waals surface area contributed by atoms with Crippen molar-refractivity contribution < 1.29 is 9.21 Å². The minimum atomic E-state index is -0.275. The third kappa shape index (κ3) is 4.04. The second kappa shape index (κ2) is 7.31. The first-order valence-corrected chi connectivity index (χ1v) is 9.19. The van der Waals surface area contributed by atoms with Gasteiger partial charge in [-0.3, -0.25) is 0 Å². The number of nitrogens with one attached hydrogen (secondary N) is 2. The van der Waals surface area contributed by atoms with Gasteiger partial charge >= 0.3 is 6.03 Å². The molecule has 1 aliphatic heterocycles. The van der Waals surface area contributed by atoms with Gasteiger partial charge in [0, 0.05) is 25.2 Å². The Bertz CT molecular complexity index is 674. The Balaban J connectivity index is 1.36. The summed E-state index contributed by atoms with van der Waals surface area (Å²) in [7, 11) is 0. The van der Waals surface area contributed by atoms with E-state index >= 15 is 0 Å². The number of hydrogen-bond donors (Lipinski definition) is 2. The molecule has 0 bridgehead atoms. The van der Waals surface area contributed by atoms with Gasteiger partial charge in [-0.15, -0.1) is 0 Å². The number of piperidine rings is 1. The van der Waals surface area contributed by atoms with Crippen LogP contribution >= 0.6 is 0 Å². The molecule has 0 spiro atoms. The molecule has 2 heterocycles. The largest absolute Gasteiger partial charge is 0.467 e. The third-order valence-corrected chi connectivity index (χ3v) is 5.16. The van der Waals surface area contributed by atoms with E-state index in [1.165, 1.54) is 12.8 Å². The summed E-state index contributed by atoms with van der Waals surface area (Å²) in [6, 6.07) is 14.3. The normalized spacial score (nSPS) is 20.2. The Hall–Kier alpha value is -2.27. The monoisotopic (exact) mass is 339 g/mol. The molecule has 132 valence electrons. The van der Waals surface area contributed by atoms with Gasteiger partial charge in [0.25, 0.3) is 0 Å². The van der Waals surface area contributed by atoms with Crippen LogP contribution in [0.1, 0.15) is 43.0 Å². The smallest absolute Gasteiger partial charge is 0.315 e. The summed E-state index contributed by atoms with van der Waals surface area (Å²) in [5, 5.41) is 6.21. The van der Waals surface area contributed by atoms with Gasteiger partial charge in [-0.25, -0.2) is 4.79 Å². The number of carbonyl (C=O) groups is 1. The number of carbonyl (C=O) groups excluding carboxylic acids is 1. The van der Waals surface area contributed by atoms with Crippen LogP contribution in [0.2, 0.25) is 0 Å². The Kier molecular flexibility index (Phi) is 4.74. The van der Waals surface area contributed by atoms with Crippen LogP contribution < -0.4 is 10.6 Å². The van der Waals surface area contributed by atoms with E-state index in [9.17, 15) is 4.79 Å². The van der Waals surface area contributed by atoms with E-state index in [4.69, 9.17) is 4.42 Å². The van der Waals surface area contributed by atoms with E-state index < -0.39 is 0 Å². The number of amides is 2. The first kappa shape index (κ1) is 16.2. The third-order valence-electron chi connectivity index (χ3n) is 5.16. The van der Waals surface area contributed by atoms with E-state index in [-0.39, 0.29) is 18.1 Å². The lowest BCUT2D eigenvalue weighted by Gasteiger charge is -2.32. The number of likely N-dealkylation sites (tertiary alicyclic amines) is 1. The molecule has 4 rings (SSSR count). The van der Waals surface area contributed by atoms with E-state index in [2.05, 4.69) is 15.5 Å². The van der Waals surface area contributed by atoms with E-state index in [1.54, 1.807) is 6.26 Å². The minimum absolute atomic E-state index is 0.130. The summed E-state index contributed by atoms with van der Waals surface area (Å²) < 4.78 is 5.54. The minimum Gasteiger partial charge on any atom is -0.467 e. The average Bonchev–Trinajstić information content (AvgIpc) is 3.36. The Morgan fingerprint density at radius 1 is 1.04 bits per heavy atom. The molecule has 2 aromatic rings. The van der Waals surface area contributed by atoms with Crippen LogP contribution in [-0.2, 0) is 0 Å². The highest BCUT2D eigenvalue weighted by atomic mass is 16.3. The predicted octanol–water partition coefficient (Wildman–Crippen LogP) is 3.30. The van der Waals surface area contributed by atoms with Crippen molar-refractivity contribution >= 4 is 6.03 Å². The molecule has 1 aromatic carbocycles. The molecule has 1 saturated heterocycles. The van der Waals surface area contributed by atoms with Crippen molar-refractivity contribution in [1.29, 1.82) is 0 Å². The Morgan fingerprint density at radius 2 is 1.80 bits per heavy atom. The molecule has 2 fully saturated rings. The van der Waals surface area contributed by atoms with Gasteiger partial charge in [-0.1, -0.05) is 30.3 Å². The predicted molar refractivity (Wildman–Crippen MR) is 96.3 cm³/mol. The van der Waals surface area contributed by atoms with Gasteiger partial charge in [-0.05, 0) is 43.4 Å². The molecule has 1 saturated carbocycles. The van der Waals surface area contributed by atoms with E-state index in [0.717, 1.165) is 43.3 Å². The highest BCUT2D eigenvalue weighted by molar-refractivity contribution is 5.75. The van der Waals surface area contributed by atoms with Crippen molar-refractivity contribution in [2.45, 2.75) is 43.8 Å². The topological polar surface area (TPSA) is 57.5 Å². The van der Waals surface area contributed by atoms with E-state index in [1.807, 2.05) is 42.5 Å². The molecule has 2 amide bonds. The van der Waals surface area contributed by atoms with Crippen LogP contribution in [0.3, 0.4) is 0 Å². The lowest BCUT2D eigenvalue weighted by Crippen LogP contribution is -2.49. The fourth-order valence-corrected chi connectivity index (χ4v) is 3.63. The second-order valence-corrected chi connectivity index (χ2v) is 7.02. The summed E-state index contributed by atoms with van der Waals surface area (Å²) in [6.45, 7) is 2.19. The number of hydrogen-bond acceptors (Lipinski definition) is 3. The lowest BCUT2D eigenvalue weighted by atomic mass is 10.0. The molecular weight excluding hydrogens is 314 g/mol. The van der Waals surface area contributed by atoms with Crippen LogP contribution in [0, 0.1) is 0 Å². The van der Waals surface area contributed by atoms with Gasteiger partial charge in [0.1, 0.15) is 11.8 Å². The van der Waals surface area contributed by atoms with Crippen LogP contribution in [-0.4, -0.2) is 36.1 Å². The zero-order chi connectivity index (χ0) is 17.1. The molecule has 0 unspecified atom stereocenters. The standard InChI is InChI=1S/C20H25N3O2/c24-20(21-16-10-12-23(13-11-16)17-8-9-17)22-19(18-7-4-14-25-18)15-5-2-1-3-6-15/h1-7,14,16-17,19H,8-13H2,(H2,21,22,24)/t19-/m0/s1. The molecule has 1 atom stereocenters. The van der Waals surface area contributed by atoms with E-state index in [0.29, 0.717) is 0 Å². The van der Waals surface area contributed by atoms with Gasteiger partial charge in [0.2, 0.25) is 0 Å². The summed E-state index contributed by atoms with van der Waals surface area (Å²) in [4.78, 5) is 15.1. The van der Waals surface area contributed by atoms with Crippen LogP contribution in [0.25, 0.3) is 0 Å². The van der Waals surface area contributed by atoms with Gasteiger partial charge < -0.3 is 20.0 Å². The van der Waals surface area contributed by atoms with Crippen LogP contribution in [0.15, 0.2) is 53.1 Å². The molecule has 0 radical (unpaired) electrons. The van der Waals surface area contributed by atoms with Crippen molar-refractivity contribution in [1.82, 2.24) is 15.5 Å². The van der Waals surface area contributed by atoms with Crippen molar-refractivity contribution in [3.05, 3.63) is 60.1 Å². The number of urea groups is 1. The number of furan rings is 1. The van der Waals surface area contributed by atoms with Crippen LogP contribution in [0.5, 0.6) is 0 Å². The highest BCUT2D eigenvalue weighted by Crippen LogP contribution is 2.29. The second-order valence-electron chi connectivity index (χ2n) is 7.02. The average molecular weight is 339 g/mol. The van der Waals surface area contributed by atoms with Gasteiger partial charge in [0.15, 0.2) is 0 Å². The molecule has 5 nitrogen and oxygen atoms in total. The maximum Gasteiger partial charge on any atom is 0.315 e. The summed E-state index contributed by atoms with van der Waals surface area (Å²) in [5.41, 5.74) is 1.01. The number of rotatable bonds is 5. The van der Waals surface area contributed by atoms with Crippen molar-refractivity contribution in [2.24, 2.45) is 0 Å². The lowest BCUT2D eigenvalue weighted by molar-refractivity contribution is 0.185. The number of benzene rings is 1. The maximum absolute atomic E-state index is 12.5. The first-order valence-electron chi connectivity index (χ1n) is 9.19. The first-order chi connectivity index (χ1) is 12.3. The molecule has 25 heavy (non-hydrogen) atoms. The molecule has 5 heteroatoms. The highest BCUT2D eigenvalue weighted by Gasteiger charge is 2.32. The zero-order valence-electron chi connectivity index (χ0n) is 14.4. The maximum atomic E-state index is 12.5. The number of nitrogens with zero attached hydrogens (tertiary/aromatic N) is 1. The fraction of sp³-hybridized carbons (Fsp3) is 0.450. The Morgan fingerprint density at radius 3 is 2.44 bits per heavy atom. The molecule has 2 aliphatic rings. The van der Waals surface area contributed by atoms with Crippen molar-refractivity contribution in [2.75, 3.05) is 13.1 Å². The van der Waals surface area contributed by atoms with Gasteiger partial charge in [-0.2, -0.15) is 0 Å². The molecular formula is C20H25N3O2. The van der Waals surface area contributed by atoms with Gasteiger partial charge in [0.05, 0.1) is 6.26 Å². The van der Waals surface area contributed by atoms with Crippen molar-refractivity contribution in [3.63, 3.8) is 0 Å². The summed E-state index contributed by atoms with van der Waals surface area (Å²) >= 11 is 0. The molecule has 2 N–H and O–H groups in total. The Labute approximate surface area is 148 Å². The SMILES string of the molecule is O=C(NC1CCN(C2CC2)CC1)N[C@@H](c1ccccc1)c1ccco1. The van der Waals surface area contributed by atoms with Crippen LogP contribution in [0.4, 0.5) is 4.79 Å². The zero-order valence-corrected chi connectivity index (χ0v) is 14.4. The molecule has 1 aliphatic carbocycles. The van der Waals surface area contributed by atoms with Crippen molar-refractivity contribution in [3.8, 4) is 0 Å². The summed E-state index contributed by atoms with van der Waals surface area (Å²) in [6.07, 6.45) is 6.39. The summed E-state index contributed by atoms with van der Waals surface area (Å²) in [5.74, 6) is 0.741. The molecule has 1 aromatic heterocycles. The fourth-order valence-electron chi connectivity index (χ4n) is 3.63. The quantitative estimate of drug-likeness (QED) is 0.879.